The highest BCUT2D eigenvalue weighted by Gasteiger charge is 2.29. The van der Waals surface area contributed by atoms with Gasteiger partial charge in [-0.1, -0.05) is 121 Å². The van der Waals surface area contributed by atoms with Crippen LogP contribution in [0.3, 0.4) is 0 Å². The SMILES string of the molecule is CC/C=C(\C=C/CC(C)(C)C(C)c1ccc(O)cc1)Nc1ccc(NC2=CCC(C(c3ccc(C=O)cc3)C(C)(C)C)=CC=C2)cc1. The van der Waals surface area contributed by atoms with Crippen LogP contribution in [-0.2, 0) is 0 Å². The Morgan fingerprint density at radius 1 is 0.894 bits per heavy atom. The quantitative estimate of drug-likeness (QED) is 0.130. The monoisotopic (exact) mass is 628 g/mol. The third-order valence-electron chi connectivity index (χ3n) is 9.18. The van der Waals surface area contributed by atoms with E-state index in [1.165, 1.54) is 16.7 Å². The number of nitrogens with one attached hydrogen (secondary N) is 2. The number of rotatable bonds is 13. The molecule has 4 rings (SSSR count). The van der Waals surface area contributed by atoms with Gasteiger partial charge < -0.3 is 15.7 Å². The van der Waals surface area contributed by atoms with Crippen molar-refractivity contribution in [3.05, 3.63) is 149 Å². The topological polar surface area (TPSA) is 61.4 Å². The summed E-state index contributed by atoms with van der Waals surface area (Å²) in [5, 5.41) is 16.8. The minimum Gasteiger partial charge on any atom is -0.508 e. The number of carbonyl (C=O) groups is 1. The van der Waals surface area contributed by atoms with Crippen LogP contribution in [0.4, 0.5) is 11.4 Å². The summed E-state index contributed by atoms with van der Waals surface area (Å²) < 4.78 is 0. The van der Waals surface area contributed by atoms with Crippen molar-refractivity contribution in [1.82, 2.24) is 0 Å². The van der Waals surface area contributed by atoms with Gasteiger partial charge in [0.2, 0.25) is 0 Å². The van der Waals surface area contributed by atoms with E-state index in [0.717, 1.165) is 48.3 Å². The van der Waals surface area contributed by atoms with Gasteiger partial charge in [0.1, 0.15) is 12.0 Å². The third kappa shape index (κ3) is 9.96. The summed E-state index contributed by atoms with van der Waals surface area (Å²) >= 11 is 0. The molecule has 2 atom stereocenters. The van der Waals surface area contributed by atoms with Gasteiger partial charge in [-0.3, -0.25) is 4.79 Å². The van der Waals surface area contributed by atoms with Crippen LogP contribution < -0.4 is 10.6 Å². The first kappa shape index (κ1) is 35.3. The van der Waals surface area contributed by atoms with E-state index in [2.05, 4.69) is 138 Å². The number of phenolic OH excluding ortho intramolecular Hbond substituents is 1. The van der Waals surface area contributed by atoms with Gasteiger partial charge in [0.05, 0.1) is 0 Å². The molecule has 47 heavy (non-hydrogen) atoms. The maximum Gasteiger partial charge on any atom is 0.150 e. The van der Waals surface area contributed by atoms with Crippen molar-refractivity contribution in [2.75, 3.05) is 10.6 Å². The van der Waals surface area contributed by atoms with Gasteiger partial charge in [0.25, 0.3) is 0 Å². The third-order valence-corrected chi connectivity index (χ3v) is 9.18. The largest absolute Gasteiger partial charge is 0.508 e. The summed E-state index contributed by atoms with van der Waals surface area (Å²) in [5.41, 5.74) is 8.84. The fourth-order valence-corrected chi connectivity index (χ4v) is 6.21. The number of aldehydes is 1. The second-order valence-electron chi connectivity index (χ2n) is 14.4. The average Bonchev–Trinajstić information content (AvgIpc) is 3.27. The minimum atomic E-state index is 0.0275. The number of aromatic hydroxyl groups is 1. The molecule has 1 aliphatic rings. The zero-order valence-corrected chi connectivity index (χ0v) is 29.2. The van der Waals surface area contributed by atoms with Gasteiger partial charge in [-0.2, -0.15) is 0 Å². The van der Waals surface area contributed by atoms with Gasteiger partial charge >= 0.3 is 0 Å². The van der Waals surface area contributed by atoms with Crippen LogP contribution >= 0.6 is 0 Å². The molecule has 3 aromatic rings. The van der Waals surface area contributed by atoms with Gasteiger partial charge in [-0.05, 0) is 95.7 Å². The number of benzene rings is 3. The molecule has 246 valence electrons. The fourth-order valence-electron chi connectivity index (χ4n) is 6.21. The normalized spacial score (nSPS) is 15.4. The number of hydrogen-bond acceptors (Lipinski definition) is 4. The smallest absolute Gasteiger partial charge is 0.150 e. The summed E-state index contributed by atoms with van der Waals surface area (Å²) in [7, 11) is 0. The summed E-state index contributed by atoms with van der Waals surface area (Å²) in [6, 6.07) is 24.0. The molecule has 4 nitrogen and oxygen atoms in total. The Morgan fingerprint density at radius 2 is 1.53 bits per heavy atom. The first-order valence-electron chi connectivity index (χ1n) is 16.8. The Bertz CT molecular complexity index is 1630. The van der Waals surface area contributed by atoms with E-state index in [0.29, 0.717) is 17.2 Å². The van der Waals surface area contributed by atoms with Crippen molar-refractivity contribution in [1.29, 1.82) is 0 Å². The predicted molar refractivity (Wildman–Crippen MR) is 200 cm³/mol. The van der Waals surface area contributed by atoms with Crippen molar-refractivity contribution in [3.8, 4) is 5.75 Å². The van der Waals surface area contributed by atoms with E-state index in [-0.39, 0.29) is 16.7 Å². The lowest BCUT2D eigenvalue weighted by Crippen LogP contribution is -2.20. The van der Waals surface area contributed by atoms with Crippen LogP contribution in [-0.4, -0.2) is 11.4 Å². The van der Waals surface area contributed by atoms with Crippen molar-refractivity contribution in [2.45, 2.75) is 79.6 Å². The molecule has 3 N–H and O–H groups in total. The predicted octanol–water partition coefficient (Wildman–Crippen LogP) is 11.7. The van der Waals surface area contributed by atoms with Crippen LogP contribution in [0, 0.1) is 10.8 Å². The molecule has 0 radical (unpaired) electrons. The molecule has 0 saturated heterocycles. The molecule has 0 saturated carbocycles. The molecule has 0 aliphatic heterocycles. The van der Waals surface area contributed by atoms with Crippen molar-refractivity contribution < 1.29 is 9.90 Å². The van der Waals surface area contributed by atoms with Crippen molar-refractivity contribution >= 4 is 17.7 Å². The number of carbonyl (C=O) groups excluding carboxylic acids is 1. The molecule has 0 bridgehead atoms. The van der Waals surface area contributed by atoms with E-state index in [4.69, 9.17) is 0 Å². The van der Waals surface area contributed by atoms with E-state index < -0.39 is 0 Å². The number of allylic oxidation sites excluding steroid dienone is 8. The first-order valence-corrected chi connectivity index (χ1v) is 16.8. The molecule has 0 amide bonds. The Labute approximate surface area is 282 Å². The first-order chi connectivity index (χ1) is 22.4. The molecule has 1 aliphatic carbocycles. The highest BCUT2D eigenvalue weighted by molar-refractivity contribution is 5.74. The second-order valence-corrected chi connectivity index (χ2v) is 14.4. The summed E-state index contributed by atoms with van der Waals surface area (Å²) in [6.45, 7) is 15.8. The van der Waals surface area contributed by atoms with Crippen molar-refractivity contribution in [3.63, 3.8) is 0 Å². The van der Waals surface area contributed by atoms with Gasteiger partial charge in [-0.15, -0.1) is 0 Å². The van der Waals surface area contributed by atoms with Crippen LogP contribution in [0.1, 0.15) is 101 Å². The molecule has 3 aromatic carbocycles. The standard InChI is InChI=1S/C43H52N2O2/c1-8-11-36(14-10-29-43(6,7)31(2)33-20-27-40(47)28-21-33)44-38-23-25-39(26-24-38)45-37-13-9-12-34(19-22-37)41(42(3,4)5)35-17-15-32(30-46)16-18-35/h9-18,20-28,30-31,41,44-45,47H,8,19,29H2,1-7H3/b14-10-,36-11+. The maximum absolute atomic E-state index is 11.2. The van der Waals surface area contributed by atoms with Gasteiger partial charge in [0.15, 0.2) is 0 Å². The molecule has 0 spiro atoms. The lowest BCUT2D eigenvalue weighted by Gasteiger charge is -2.33. The Kier molecular flexibility index (Phi) is 11.9. The van der Waals surface area contributed by atoms with Crippen LogP contribution in [0.5, 0.6) is 5.75 Å². The van der Waals surface area contributed by atoms with Crippen LogP contribution in [0.2, 0.25) is 0 Å². The molecule has 2 unspecified atom stereocenters. The lowest BCUT2D eigenvalue weighted by molar-refractivity contribution is 0.112. The van der Waals surface area contributed by atoms with E-state index in [1.54, 1.807) is 12.1 Å². The van der Waals surface area contributed by atoms with Crippen molar-refractivity contribution in [2.24, 2.45) is 10.8 Å². The van der Waals surface area contributed by atoms with Crippen LogP contribution in [0.15, 0.2) is 132 Å². The highest BCUT2D eigenvalue weighted by atomic mass is 16.3. The summed E-state index contributed by atoms with van der Waals surface area (Å²) in [5.74, 6) is 0.891. The summed E-state index contributed by atoms with van der Waals surface area (Å²) in [4.78, 5) is 11.2. The van der Waals surface area contributed by atoms with Crippen LogP contribution in [0.25, 0.3) is 0 Å². The molecule has 0 heterocycles. The molecule has 4 heteroatoms. The zero-order valence-electron chi connectivity index (χ0n) is 29.2. The minimum absolute atomic E-state index is 0.0275. The Morgan fingerprint density at radius 3 is 2.15 bits per heavy atom. The van der Waals surface area contributed by atoms with Gasteiger partial charge in [-0.25, -0.2) is 0 Å². The Hall–Kier alpha value is -4.57. The Balaban J connectivity index is 1.37. The highest BCUT2D eigenvalue weighted by Crippen LogP contribution is 2.43. The molecular weight excluding hydrogens is 576 g/mol. The molecule has 0 aromatic heterocycles. The van der Waals surface area contributed by atoms with E-state index in [9.17, 15) is 9.90 Å². The zero-order chi connectivity index (χ0) is 34.0. The molecule has 0 fully saturated rings. The second kappa shape index (κ2) is 15.8. The average molecular weight is 629 g/mol. The number of phenols is 1. The fraction of sp³-hybridized carbons (Fsp3) is 0.326. The van der Waals surface area contributed by atoms with Gasteiger partial charge in [0, 0.05) is 34.3 Å². The maximum atomic E-state index is 11.2. The molecular formula is C43H52N2O2. The lowest BCUT2D eigenvalue weighted by atomic mass is 9.71. The van der Waals surface area contributed by atoms with E-state index >= 15 is 0 Å². The summed E-state index contributed by atoms with van der Waals surface area (Å²) in [6.07, 6.45) is 19.0. The number of anilines is 2. The van der Waals surface area contributed by atoms with E-state index in [1.807, 2.05) is 24.3 Å². The number of hydrogen-bond donors (Lipinski definition) is 3.